The fourth-order valence-corrected chi connectivity index (χ4v) is 9.00. The van der Waals surface area contributed by atoms with Crippen LogP contribution in [0.15, 0.2) is 35.3 Å². The van der Waals surface area contributed by atoms with Crippen molar-refractivity contribution in [2.45, 2.75) is 174 Å². The molecule has 0 fully saturated rings. The number of amides is 9. The van der Waals surface area contributed by atoms with Crippen LogP contribution in [0, 0.1) is 0 Å². The lowest BCUT2D eigenvalue weighted by Crippen LogP contribution is -2.58. The Balaban J connectivity index is 1.91. The molecule has 9 amide bonds. The number of carboxylic acids is 2. The predicted octanol–water partition coefficient (Wildman–Crippen LogP) is -13.8. The summed E-state index contributed by atoms with van der Waals surface area (Å²) >= 11 is 0. The third kappa shape index (κ3) is 29.0. The van der Waals surface area contributed by atoms with Gasteiger partial charge in [0.2, 0.25) is 53.2 Å². The molecule has 101 heavy (non-hydrogen) atoms. The number of primary amides is 1. The number of aliphatic carboxylic acids is 2. The number of benzene rings is 1. The molecule has 0 aliphatic rings. The number of nitrogens with zero attached hydrogens (tertiary/aromatic N) is 3. The highest BCUT2D eigenvalue weighted by atomic mass is 16.4. The summed E-state index contributed by atoms with van der Waals surface area (Å²) in [5.74, 6) is -14.2. The molecule has 3 rings (SSSR count). The number of carboxylic acid groups (broad SMARTS) is 2. The minimum Gasteiger partial charge on any atom is -0.481 e. The lowest BCUT2D eigenvalue weighted by Gasteiger charge is -2.27. The number of aliphatic hydroxyl groups is 15. The summed E-state index contributed by atoms with van der Waals surface area (Å²) in [6, 6.07) is -4.26. The van der Waals surface area contributed by atoms with Crippen LogP contribution in [0.3, 0.4) is 0 Å². The van der Waals surface area contributed by atoms with E-state index in [2.05, 4.69) is 67.8 Å². The maximum Gasteiger partial charge on any atom is 0.326 e. The van der Waals surface area contributed by atoms with Gasteiger partial charge in [0.05, 0.1) is 56.6 Å². The first-order valence-corrected chi connectivity index (χ1v) is 30.9. The average molecular weight is 1450 g/mol. The second-order valence-corrected chi connectivity index (χ2v) is 22.9. The van der Waals surface area contributed by atoms with E-state index >= 15 is 0 Å². The zero-order chi connectivity index (χ0) is 76.0. The van der Waals surface area contributed by atoms with Crippen molar-refractivity contribution in [3.8, 4) is 0 Å². The van der Waals surface area contributed by atoms with E-state index in [0.29, 0.717) is 11.4 Å². The second-order valence-electron chi connectivity index (χ2n) is 22.9. The Morgan fingerprint density at radius 1 is 0.465 bits per heavy atom. The van der Waals surface area contributed by atoms with Gasteiger partial charge in [-0.1, -0.05) is 0 Å². The van der Waals surface area contributed by atoms with Gasteiger partial charge in [-0.05, 0) is 56.4 Å². The highest BCUT2D eigenvalue weighted by Crippen LogP contribution is 2.15. The SMILES string of the molecule is NC(=O)[C@H](CCC(=O)NC[C@H](O)[C@@H](O)[C@H](O)[C@H](O)CO)NC(=O)[C@H](CCC(=O)NC[C@H](O)[C@@H](O)[C@H](O)[C@H](O)CO)NC(=O)[C@H](CCC(=O)O)NC(=O)[C@H](CCC(=O)NC[C@H](O)[C@@H](O)[C@H](O)[C@H](O)CO)NC(=O)CC[C@H](NC(=O)c1ccc(NCc2cnc3nc(N)[nH]c(=O)c3n2)cc1)C(=O)O. The summed E-state index contributed by atoms with van der Waals surface area (Å²) in [4.78, 5) is 173. The molecule has 3 aromatic rings. The van der Waals surface area contributed by atoms with Gasteiger partial charge in [0, 0.05) is 63.0 Å². The Morgan fingerprint density at radius 2 is 0.842 bits per heavy atom. The number of anilines is 2. The van der Waals surface area contributed by atoms with E-state index in [9.17, 15) is 129 Å². The highest BCUT2D eigenvalue weighted by Gasteiger charge is 2.36. The van der Waals surface area contributed by atoms with Crippen molar-refractivity contribution < 1.29 is 140 Å². The first kappa shape index (κ1) is 85.8. The quantitative estimate of drug-likeness (QED) is 0.0250. The van der Waals surface area contributed by atoms with Crippen LogP contribution in [0.4, 0.5) is 11.6 Å². The number of hydrogen-bond donors (Lipinski definition) is 29. The molecule has 2 aromatic heterocycles. The predicted molar refractivity (Wildman–Crippen MR) is 338 cm³/mol. The molecule has 31 N–H and O–H groups in total. The molecule has 0 unspecified atom stereocenters. The lowest BCUT2D eigenvalue weighted by molar-refractivity contribution is -0.140. The van der Waals surface area contributed by atoms with Crippen LogP contribution in [0.1, 0.15) is 80.3 Å². The van der Waals surface area contributed by atoms with Crippen LogP contribution < -0.4 is 64.9 Å². The zero-order valence-electron chi connectivity index (χ0n) is 53.7. The van der Waals surface area contributed by atoms with Gasteiger partial charge in [0.1, 0.15) is 85.1 Å². The molecule has 564 valence electrons. The molecule has 2 heterocycles. The maximum absolute atomic E-state index is 14.3. The number of aromatic amines is 1. The van der Waals surface area contributed by atoms with Crippen molar-refractivity contribution in [1.82, 2.24) is 62.5 Å². The third-order valence-electron chi connectivity index (χ3n) is 15.1. The van der Waals surface area contributed by atoms with Gasteiger partial charge in [0.25, 0.3) is 11.5 Å². The van der Waals surface area contributed by atoms with Gasteiger partial charge < -0.3 is 146 Å². The zero-order valence-corrected chi connectivity index (χ0v) is 53.7. The van der Waals surface area contributed by atoms with E-state index in [4.69, 9.17) is 26.8 Å². The highest BCUT2D eigenvalue weighted by molar-refractivity contribution is 5.98. The summed E-state index contributed by atoms with van der Waals surface area (Å²) in [7, 11) is 0. The fraction of sp³-hybridized carbons (Fsp3) is 0.596. The number of carbonyl (C=O) groups excluding carboxylic acids is 9. The fourth-order valence-electron chi connectivity index (χ4n) is 9.00. The van der Waals surface area contributed by atoms with Crippen LogP contribution in [0.2, 0.25) is 0 Å². The molecular formula is C57H87N15O29. The van der Waals surface area contributed by atoms with Crippen molar-refractivity contribution in [2.75, 3.05) is 50.5 Å². The molecular weight excluding hydrogens is 1360 g/mol. The Labute approximate surface area is 571 Å². The van der Waals surface area contributed by atoms with Crippen molar-refractivity contribution in [3.63, 3.8) is 0 Å². The Hall–Kier alpha value is -9.39. The second kappa shape index (κ2) is 42.7. The summed E-state index contributed by atoms with van der Waals surface area (Å²) in [5.41, 5.74) is 11.0. The number of rotatable bonds is 47. The Bertz CT molecular complexity index is 3320. The Kier molecular flexibility index (Phi) is 36.2. The molecule has 0 radical (unpaired) electrons. The number of carbonyl (C=O) groups is 11. The van der Waals surface area contributed by atoms with E-state index < -0.39 is 278 Å². The normalized spacial score (nSPS) is 16.5. The van der Waals surface area contributed by atoms with Crippen molar-refractivity contribution >= 4 is 87.9 Å². The Morgan fingerprint density at radius 3 is 1.25 bits per heavy atom. The molecule has 0 spiro atoms. The van der Waals surface area contributed by atoms with Crippen molar-refractivity contribution in [3.05, 3.63) is 52.1 Å². The van der Waals surface area contributed by atoms with Crippen LogP contribution in [0.25, 0.3) is 11.2 Å². The molecule has 1 aromatic carbocycles. The molecule has 0 saturated carbocycles. The van der Waals surface area contributed by atoms with Gasteiger partial charge in [-0.3, -0.25) is 57.7 Å². The lowest BCUT2D eigenvalue weighted by atomic mass is 10.0. The molecule has 0 aliphatic heterocycles. The number of aromatic nitrogens is 4. The molecule has 17 atom stereocenters. The van der Waals surface area contributed by atoms with Crippen LogP contribution in [-0.4, -0.2) is 315 Å². The maximum atomic E-state index is 14.3. The largest absolute Gasteiger partial charge is 0.481 e. The number of hydrogen-bond acceptors (Lipinski definition) is 32. The minimum atomic E-state index is -2.16. The van der Waals surface area contributed by atoms with Gasteiger partial charge >= 0.3 is 11.9 Å². The van der Waals surface area contributed by atoms with E-state index in [1.807, 2.05) is 0 Å². The van der Waals surface area contributed by atoms with Crippen molar-refractivity contribution in [1.29, 1.82) is 0 Å². The summed E-state index contributed by atoms with van der Waals surface area (Å²) in [6.45, 7) is -5.59. The summed E-state index contributed by atoms with van der Waals surface area (Å²) in [5, 5.41) is 188. The number of nitrogens with two attached hydrogens (primary N) is 2. The van der Waals surface area contributed by atoms with Crippen molar-refractivity contribution in [2.24, 2.45) is 5.73 Å². The van der Waals surface area contributed by atoms with E-state index in [1.54, 1.807) is 0 Å². The van der Waals surface area contributed by atoms with E-state index in [0.717, 1.165) is 0 Å². The monoisotopic (exact) mass is 1450 g/mol. The molecule has 0 bridgehead atoms. The summed E-state index contributed by atoms with van der Waals surface area (Å²) in [6.07, 6.45) is -31.0. The number of H-pyrrole nitrogens is 1. The van der Waals surface area contributed by atoms with Crippen LogP contribution in [-0.2, 0) is 54.5 Å². The van der Waals surface area contributed by atoms with Gasteiger partial charge in [-0.25, -0.2) is 14.8 Å². The topological polar surface area (TPSA) is 764 Å². The van der Waals surface area contributed by atoms with Gasteiger partial charge in [-0.15, -0.1) is 0 Å². The van der Waals surface area contributed by atoms with Crippen LogP contribution >= 0.6 is 0 Å². The number of nitrogens with one attached hydrogen (secondary N) is 10. The first-order valence-electron chi connectivity index (χ1n) is 30.9. The minimum absolute atomic E-state index is 0.00127. The summed E-state index contributed by atoms with van der Waals surface area (Å²) < 4.78 is 0. The smallest absolute Gasteiger partial charge is 0.326 e. The van der Waals surface area contributed by atoms with E-state index in [-0.39, 0.29) is 29.2 Å². The molecule has 0 aliphatic carbocycles. The molecule has 0 saturated heterocycles. The third-order valence-corrected chi connectivity index (χ3v) is 15.1. The average Bonchev–Trinajstić information content (AvgIpc) is 0.811. The standard InChI is InChI=1S/C57H87N15O29/c58-49(94)26(5-10-37(82)61-17-31(76)43(88)46(91)34(79)20-73)67-53(97)28(7-12-39(84)63-19-33(78)45(90)48(93)36(81)22-75)68-54(98)29(9-14-41(86)87)69-52(96)27(6-11-38(83)62-18-32(77)44(89)47(92)35(80)21-74)66-40(85)13-8-30(56(100)101)70-51(95)23-1-3-24(4-2-23)60-15-25-16-64-50-42(65-25)55(99)72-57(59)71-50/h1-4,16,26-36,43-48,60,73-81,88-93H,5-15,17-22H2,(H2,58,94)(H,61,82)(H,62,83)(H,63,84)(H,66,85)(H,67,97)(H,68,98)(H,69,96)(H,70,95)(H,86,87)(H,100,101)(H3,59,64,71,72,99)/t26-,27-,28-,29-,30-,31-,32-,33-,34+,35+,36+,43+,44+,45+,46+,47+,48+/m0/s1. The number of nitrogen functional groups attached to an aromatic ring is 1. The molecule has 44 nitrogen and oxygen atoms in total. The first-order chi connectivity index (χ1) is 47.5. The van der Waals surface area contributed by atoms with Gasteiger partial charge in [-0.2, -0.15) is 4.98 Å². The number of fused-ring (bicyclic) bond motifs is 1. The van der Waals surface area contributed by atoms with Crippen LogP contribution in [0.5, 0.6) is 0 Å². The number of aliphatic hydroxyl groups excluding tert-OH is 15. The van der Waals surface area contributed by atoms with Gasteiger partial charge in [0.15, 0.2) is 11.2 Å². The molecule has 44 heteroatoms. The van der Waals surface area contributed by atoms with E-state index in [1.165, 1.54) is 30.5 Å².